The summed E-state index contributed by atoms with van der Waals surface area (Å²) in [6, 6.07) is 8.33. The van der Waals surface area contributed by atoms with Gasteiger partial charge in [0.25, 0.3) is 5.91 Å². The number of aromatic nitrogens is 2. The van der Waals surface area contributed by atoms with Crippen molar-refractivity contribution in [2.75, 3.05) is 32.7 Å². The molecule has 5 heteroatoms. The fraction of sp³-hybridized carbons (Fsp3) is 0.524. The molecule has 0 aliphatic carbocycles. The van der Waals surface area contributed by atoms with E-state index < -0.39 is 0 Å². The number of carbonyl (C=O) groups excluding carboxylic acids is 1. The van der Waals surface area contributed by atoms with Gasteiger partial charge < -0.3 is 9.80 Å². The van der Waals surface area contributed by atoms with Gasteiger partial charge in [-0.1, -0.05) is 31.5 Å². The number of quaternary nitrogens is 1. The van der Waals surface area contributed by atoms with Crippen LogP contribution in [0.4, 0.5) is 0 Å². The number of aryl methyl sites for hydroxylation is 2. The maximum Gasteiger partial charge on any atom is 0.258 e. The zero-order valence-electron chi connectivity index (χ0n) is 16.7. The number of carbonyl (C=O) groups is 1. The highest BCUT2D eigenvalue weighted by atomic mass is 16.2. The minimum atomic E-state index is 0.139. The standard InChI is InChI=1S/C21H30N4O/c1-6-23-11-13-24(14-12-23)21(26)19-17(5)22-25(20(19)15(2)3)18-9-7-16(4)8-10-18/h7-10,15H,6,11-14H2,1-5H3/p+1. The van der Waals surface area contributed by atoms with Crippen LogP contribution in [0.1, 0.15) is 54.0 Å². The lowest BCUT2D eigenvalue weighted by Crippen LogP contribution is -3.14. The molecule has 1 saturated heterocycles. The molecule has 5 nitrogen and oxygen atoms in total. The summed E-state index contributed by atoms with van der Waals surface area (Å²) in [6.45, 7) is 15.4. The Balaban J connectivity index is 1.97. The van der Waals surface area contributed by atoms with Gasteiger partial charge in [0, 0.05) is 0 Å². The van der Waals surface area contributed by atoms with Gasteiger partial charge >= 0.3 is 0 Å². The Hall–Kier alpha value is -2.14. The van der Waals surface area contributed by atoms with Crippen LogP contribution in [0.2, 0.25) is 0 Å². The highest BCUT2D eigenvalue weighted by Gasteiger charge is 2.30. The number of rotatable bonds is 4. The van der Waals surface area contributed by atoms with E-state index in [-0.39, 0.29) is 11.8 Å². The van der Waals surface area contributed by atoms with Crippen molar-refractivity contribution in [2.24, 2.45) is 0 Å². The highest BCUT2D eigenvalue weighted by Crippen LogP contribution is 2.27. The maximum atomic E-state index is 13.3. The molecule has 26 heavy (non-hydrogen) atoms. The first-order chi connectivity index (χ1) is 12.4. The number of benzene rings is 1. The van der Waals surface area contributed by atoms with Gasteiger partial charge in [-0.15, -0.1) is 0 Å². The summed E-state index contributed by atoms with van der Waals surface area (Å²) in [7, 11) is 0. The van der Waals surface area contributed by atoms with E-state index in [1.807, 2.05) is 16.5 Å². The molecule has 1 fully saturated rings. The minimum absolute atomic E-state index is 0.139. The number of amides is 1. The smallest absolute Gasteiger partial charge is 0.258 e. The normalized spacial score (nSPS) is 15.7. The Morgan fingerprint density at radius 2 is 1.77 bits per heavy atom. The molecule has 0 radical (unpaired) electrons. The second kappa shape index (κ2) is 7.62. The number of piperazine rings is 1. The number of hydrogen-bond acceptors (Lipinski definition) is 2. The Kier molecular flexibility index (Phi) is 5.47. The average Bonchev–Trinajstić information content (AvgIpc) is 2.99. The number of likely N-dealkylation sites (N-methyl/N-ethyl adjacent to an activating group) is 1. The van der Waals surface area contributed by atoms with Crippen LogP contribution in [0.3, 0.4) is 0 Å². The molecule has 1 aromatic heterocycles. The van der Waals surface area contributed by atoms with Gasteiger partial charge in [-0.3, -0.25) is 4.79 Å². The third-order valence-corrected chi connectivity index (χ3v) is 5.39. The first kappa shape index (κ1) is 18.6. The molecule has 1 amide bonds. The average molecular weight is 356 g/mol. The summed E-state index contributed by atoms with van der Waals surface area (Å²) in [5.74, 6) is 0.360. The van der Waals surface area contributed by atoms with Crippen LogP contribution < -0.4 is 4.90 Å². The van der Waals surface area contributed by atoms with E-state index in [4.69, 9.17) is 5.10 Å². The monoisotopic (exact) mass is 355 g/mol. The maximum absolute atomic E-state index is 13.3. The predicted molar refractivity (Wildman–Crippen MR) is 104 cm³/mol. The van der Waals surface area contributed by atoms with Crippen LogP contribution in [-0.4, -0.2) is 53.3 Å². The van der Waals surface area contributed by atoms with E-state index in [0.717, 1.165) is 55.4 Å². The minimum Gasteiger partial charge on any atom is -0.332 e. The molecule has 0 spiro atoms. The number of nitrogens with zero attached hydrogens (tertiary/aromatic N) is 3. The van der Waals surface area contributed by atoms with E-state index in [1.165, 1.54) is 5.56 Å². The third kappa shape index (κ3) is 3.54. The van der Waals surface area contributed by atoms with Gasteiger partial charge in [-0.25, -0.2) is 4.68 Å². The molecule has 0 atom stereocenters. The summed E-state index contributed by atoms with van der Waals surface area (Å²) in [5.41, 5.74) is 4.87. The molecule has 1 N–H and O–H groups in total. The van der Waals surface area contributed by atoms with E-state index in [2.05, 4.69) is 52.0 Å². The van der Waals surface area contributed by atoms with Crippen LogP contribution in [0.15, 0.2) is 24.3 Å². The molecular weight excluding hydrogens is 324 g/mol. The lowest BCUT2D eigenvalue weighted by Gasteiger charge is -2.32. The van der Waals surface area contributed by atoms with E-state index in [1.54, 1.807) is 4.90 Å². The van der Waals surface area contributed by atoms with Crippen LogP contribution in [0.25, 0.3) is 5.69 Å². The Morgan fingerprint density at radius 1 is 1.15 bits per heavy atom. The van der Waals surface area contributed by atoms with E-state index >= 15 is 0 Å². The third-order valence-electron chi connectivity index (χ3n) is 5.39. The van der Waals surface area contributed by atoms with Gasteiger partial charge in [-0.05, 0) is 38.8 Å². The Morgan fingerprint density at radius 3 is 2.31 bits per heavy atom. The summed E-state index contributed by atoms with van der Waals surface area (Å²) in [5, 5.41) is 4.74. The van der Waals surface area contributed by atoms with Crippen LogP contribution in [-0.2, 0) is 0 Å². The summed E-state index contributed by atoms with van der Waals surface area (Å²) >= 11 is 0. The molecule has 0 bridgehead atoms. The SMILES string of the molecule is CC[NH+]1CCN(C(=O)c2c(C)nn(-c3ccc(C)cc3)c2C(C)C)CC1. The second-order valence-electron chi connectivity index (χ2n) is 7.64. The molecule has 1 aliphatic heterocycles. The van der Waals surface area contributed by atoms with Gasteiger partial charge in [-0.2, -0.15) is 5.10 Å². The molecule has 1 aliphatic rings. The molecule has 3 rings (SSSR count). The molecular formula is C21H31N4O+. The van der Waals surface area contributed by atoms with Crippen molar-refractivity contribution >= 4 is 5.91 Å². The van der Waals surface area contributed by atoms with Crippen LogP contribution >= 0.6 is 0 Å². The molecule has 2 aromatic rings. The molecule has 0 saturated carbocycles. The van der Waals surface area contributed by atoms with E-state index in [0.29, 0.717) is 0 Å². The zero-order valence-corrected chi connectivity index (χ0v) is 16.7. The summed E-state index contributed by atoms with van der Waals surface area (Å²) in [4.78, 5) is 16.9. The fourth-order valence-electron chi connectivity index (χ4n) is 3.76. The first-order valence-corrected chi connectivity index (χ1v) is 9.71. The fourth-order valence-corrected chi connectivity index (χ4v) is 3.76. The van der Waals surface area contributed by atoms with Gasteiger partial charge in [0.05, 0.1) is 55.4 Å². The van der Waals surface area contributed by atoms with Crippen LogP contribution in [0.5, 0.6) is 0 Å². The van der Waals surface area contributed by atoms with E-state index in [9.17, 15) is 4.79 Å². The van der Waals surface area contributed by atoms with Gasteiger partial charge in [0.1, 0.15) is 0 Å². The largest absolute Gasteiger partial charge is 0.332 e. The zero-order chi connectivity index (χ0) is 18.8. The molecule has 0 unspecified atom stereocenters. The van der Waals surface area contributed by atoms with Crippen molar-refractivity contribution in [1.82, 2.24) is 14.7 Å². The van der Waals surface area contributed by atoms with Crippen molar-refractivity contribution < 1.29 is 9.69 Å². The molecule has 1 aromatic carbocycles. The Labute approximate surface area is 156 Å². The number of nitrogens with one attached hydrogen (secondary N) is 1. The van der Waals surface area contributed by atoms with Crippen molar-refractivity contribution in [3.63, 3.8) is 0 Å². The van der Waals surface area contributed by atoms with Crippen molar-refractivity contribution in [3.8, 4) is 5.69 Å². The van der Waals surface area contributed by atoms with Crippen molar-refractivity contribution in [1.29, 1.82) is 0 Å². The van der Waals surface area contributed by atoms with Gasteiger partial charge in [0.2, 0.25) is 0 Å². The summed E-state index contributed by atoms with van der Waals surface area (Å²) in [6.07, 6.45) is 0. The Bertz CT molecular complexity index is 768. The van der Waals surface area contributed by atoms with Gasteiger partial charge in [0.15, 0.2) is 0 Å². The quantitative estimate of drug-likeness (QED) is 0.911. The number of hydrogen-bond donors (Lipinski definition) is 1. The van der Waals surface area contributed by atoms with Crippen molar-refractivity contribution in [2.45, 2.75) is 40.5 Å². The molecule has 2 heterocycles. The highest BCUT2D eigenvalue weighted by molar-refractivity contribution is 5.97. The predicted octanol–water partition coefficient (Wildman–Crippen LogP) is 1.97. The topological polar surface area (TPSA) is 42.6 Å². The lowest BCUT2D eigenvalue weighted by molar-refractivity contribution is -0.902. The first-order valence-electron chi connectivity index (χ1n) is 9.71. The lowest BCUT2D eigenvalue weighted by atomic mass is 10.0. The second-order valence-corrected chi connectivity index (χ2v) is 7.64. The molecule has 140 valence electrons. The van der Waals surface area contributed by atoms with Crippen molar-refractivity contribution in [3.05, 3.63) is 46.8 Å². The van der Waals surface area contributed by atoms with Crippen LogP contribution in [0, 0.1) is 13.8 Å². The summed E-state index contributed by atoms with van der Waals surface area (Å²) < 4.78 is 1.96.